The predicted molar refractivity (Wildman–Crippen MR) is 142 cm³/mol. The first-order chi connectivity index (χ1) is 17.6. The second kappa shape index (κ2) is 9.19. The number of methoxy groups -OCH3 is 2. The summed E-state index contributed by atoms with van der Waals surface area (Å²) in [6.45, 7) is 1.02. The van der Waals surface area contributed by atoms with Gasteiger partial charge in [0.25, 0.3) is 5.91 Å². The van der Waals surface area contributed by atoms with E-state index < -0.39 is 0 Å². The van der Waals surface area contributed by atoms with Gasteiger partial charge in [-0.15, -0.1) is 11.3 Å². The molecule has 4 aromatic rings. The van der Waals surface area contributed by atoms with Crippen LogP contribution in [0.25, 0.3) is 10.4 Å². The van der Waals surface area contributed by atoms with Gasteiger partial charge in [-0.1, -0.05) is 41.9 Å². The molecule has 0 bridgehead atoms. The summed E-state index contributed by atoms with van der Waals surface area (Å²) < 4.78 is 17.1. The molecule has 7 heteroatoms. The van der Waals surface area contributed by atoms with Gasteiger partial charge in [0.15, 0.2) is 11.5 Å². The van der Waals surface area contributed by atoms with Crippen LogP contribution < -0.4 is 14.2 Å². The number of thiophene rings is 1. The van der Waals surface area contributed by atoms with Gasteiger partial charge in [0.1, 0.15) is 12.4 Å². The van der Waals surface area contributed by atoms with Crippen LogP contribution in [0.4, 0.5) is 0 Å². The molecular weight excluding hydrogens is 494 g/mol. The van der Waals surface area contributed by atoms with Gasteiger partial charge in [0.2, 0.25) is 0 Å². The Morgan fingerprint density at radius 2 is 1.72 bits per heavy atom. The number of para-hydroxylation sites is 1. The van der Waals surface area contributed by atoms with Crippen molar-refractivity contribution in [3.05, 3.63) is 98.9 Å². The number of ether oxygens (including phenoxy) is 3. The maximum absolute atomic E-state index is 14.1. The van der Waals surface area contributed by atoms with Crippen LogP contribution in [0.15, 0.2) is 66.7 Å². The summed E-state index contributed by atoms with van der Waals surface area (Å²) in [6, 6.07) is 21.3. The molecule has 5 nitrogen and oxygen atoms in total. The average Bonchev–Trinajstić information content (AvgIpc) is 3.37. The van der Waals surface area contributed by atoms with E-state index in [0.717, 1.165) is 38.4 Å². The summed E-state index contributed by atoms with van der Waals surface area (Å²) in [5.74, 6) is 2.14. The van der Waals surface area contributed by atoms with Crippen LogP contribution in [-0.4, -0.2) is 31.6 Å². The van der Waals surface area contributed by atoms with Crippen LogP contribution in [0, 0.1) is 0 Å². The van der Waals surface area contributed by atoms with Crippen LogP contribution >= 0.6 is 22.9 Å². The molecule has 6 rings (SSSR count). The Hall–Kier alpha value is -3.48. The zero-order valence-corrected chi connectivity index (χ0v) is 21.5. The highest BCUT2D eigenvalue weighted by molar-refractivity contribution is 7.17. The smallest absolute Gasteiger partial charge is 0.264 e. The third kappa shape index (κ3) is 3.72. The summed E-state index contributed by atoms with van der Waals surface area (Å²) in [7, 11) is 3.26. The van der Waals surface area contributed by atoms with E-state index in [9.17, 15) is 4.79 Å². The molecule has 0 N–H and O–H groups in total. The predicted octanol–water partition coefficient (Wildman–Crippen LogP) is 6.77. The highest BCUT2D eigenvalue weighted by Crippen LogP contribution is 2.46. The van der Waals surface area contributed by atoms with Crippen molar-refractivity contribution in [2.45, 2.75) is 19.1 Å². The lowest BCUT2D eigenvalue weighted by Crippen LogP contribution is -2.40. The van der Waals surface area contributed by atoms with Crippen molar-refractivity contribution >= 4 is 28.8 Å². The first kappa shape index (κ1) is 23.0. The van der Waals surface area contributed by atoms with Gasteiger partial charge in [0.05, 0.1) is 25.1 Å². The van der Waals surface area contributed by atoms with Gasteiger partial charge in [-0.25, -0.2) is 0 Å². The lowest BCUT2D eigenvalue weighted by molar-refractivity contribution is 0.0699. The highest BCUT2D eigenvalue weighted by Gasteiger charge is 2.36. The second-order valence-electron chi connectivity index (χ2n) is 8.83. The molecule has 0 aliphatic carbocycles. The molecule has 1 amide bonds. The zero-order valence-electron chi connectivity index (χ0n) is 19.9. The van der Waals surface area contributed by atoms with Crippen molar-refractivity contribution in [1.29, 1.82) is 0 Å². The first-order valence-corrected chi connectivity index (χ1v) is 12.9. The normalized spacial score (nSPS) is 15.9. The molecule has 0 saturated heterocycles. The van der Waals surface area contributed by atoms with E-state index in [1.54, 1.807) is 14.2 Å². The highest BCUT2D eigenvalue weighted by atomic mass is 35.5. The fourth-order valence-corrected chi connectivity index (χ4v) is 6.54. The zero-order chi connectivity index (χ0) is 24.8. The molecule has 0 fully saturated rings. The summed E-state index contributed by atoms with van der Waals surface area (Å²) in [6.07, 6.45) is 0.708. The fraction of sp³-hybridized carbons (Fsp3) is 0.207. The topological polar surface area (TPSA) is 48.0 Å². The lowest BCUT2D eigenvalue weighted by Gasteiger charge is -2.38. The van der Waals surface area contributed by atoms with Crippen LogP contribution in [0.1, 0.15) is 38.0 Å². The number of fused-ring (bicyclic) bond motifs is 4. The van der Waals surface area contributed by atoms with Crippen LogP contribution in [0.5, 0.6) is 17.2 Å². The van der Waals surface area contributed by atoms with Crippen molar-refractivity contribution in [3.63, 3.8) is 0 Å². The Balaban J connectivity index is 1.46. The van der Waals surface area contributed by atoms with Crippen molar-refractivity contribution in [3.8, 4) is 27.7 Å². The van der Waals surface area contributed by atoms with Crippen molar-refractivity contribution < 1.29 is 19.0 Å². The van der Waals surface area contributed by atoms with E-state index in [-0.39, 0.29) is 11.9 Å². The Morgan fingerprint density at radius 3 is 2.53 bits per heavy atom. The lowest BCUT2D eigenvalue weighted by atomic mass is 9.87. The SMILES string of the molecule is COc1cc2c(cc1OC)[C@@H](c1ccccc1Cl)N(C(=O)c1cc3c(s1)-c1ccccc1OC3)CC2. The monoisotopic (exact) mass is 517 g/mol. The Bertz CT molecular complexity index is 1480. The number of carbonyl (C=O) groups is 1. The van der Waals surface area contributed by atoms with E-state index in [1.807, 2.05) is 71.6 Å². The molecule has 2 aliphatic rings. The number of amides is 1. The van der Waals surface area contributed by atoms with Gasteiger partial charge in [-0.05, 0) is 59.5 Å². The number of hydrogen-bond acceptors (Lipinski definition) is 5. The minimum atomic E-state index is -0.350. The molecule has 1 aromatic heterocycles. The Kier molecular flexibility index (Phi) is 5.86. The number of carbonyl (C=O) groups excluding carboxylic acids is 1. The average molecular weight is 518 g/mol. The Morgan fingerprint density at radius 1 is 0.972 bits per heavy atom. The molecule has 0 unspecified atom stereocenters. The van der Waals surface area contributed by atoms with Crippen molar-refractivity contribution in [1.82, 2.24) is 4.90 Å². The molecule has 182 valence electrons. The molecule has 1 atom stereocenters. The van der Waals surface area contributed by atoms with E-state index in [0.29, 0.717) is 41.0 Å². The first-order valence-electron chi connectivity index (χ1n) is 11.7. The van der Waals surface area contributed by atoms with Gasteiger partial charge >= 0.3 is 0 Å². The molecule has 0 saturated carbocycles. The van der Waals surface area contributed by atoms with E-state index in [2.05, 4.69) is 0 Å². The fourth-order valence-electron chi connectivity index (χ4n) is 5.14. The van der Waals surface area contributed by atoms with E-state index in [1.165, 1.54) is 11.3 Å². The summed E-state index contributed by atoms with van der Waals surface area (Å²) in [4.78, 5) is 17.8. The molecular formula is C29H24ClNO4S. The maximum Gasteiger partial charge on any atom is 0.264 e. The number of nitrogens with zero attached hydrogens (tertiary/aromatic N) is 1. The number of benzene rings is 3. The molecule has 0 spiro atoms. The second-order valence-corrected chi connectivity index (χ2v) is 10.3. The number of hydrogen-bond donors (Lipinski definition) is 0. The molecule has 3 aromatic carbocycles. The largest absolute Gasteiger partial charge is 0.493 e. The van der Waals surface area contributed by atoms with Gasteiger partial charge < -0.3 is 19.1 Å². The number of halogens is 1. The molecule has 36 heavy (non-hydrogen) atoms. The van der Waals surface area contributed by atoms with Gasteiger partial charge in [-0.2, -0.15) is 0 Å². The van der Waals surface area contributed by atoms with E-state index >= 15 is 0 Å². The standard InChI is InChI=1S/C29H24ClNO4S/c1-33-24-13-17-11-12-31(27(21(17)15-25(24)34-2)19-7-3-5-9-22(19)30)29(32)26-14-18-16-35-23-10-6-4-8-20(23)28(18)36-26/h3-10,13-15,27H,11-12,16H2,1-2H3/t27-/m1/s1. The molecule has 3 heterocycles. The van der Waals surface area contributed by atoms with Crippen LogP contribution in [0.2, 0.25) is 5.02 Å². The third-order valence-electron chi connectivity index (χ3n) is 6.87. The maximum atomic E-state index is 14.1. The summed E-state index contributed by atoms with van der Waals surface area (Å²) >= 11 is 8.23. The third-order valence-corrected chi connectivity index (χ3v) is 8.41. The number of rotatable bonds is 4. The van der Waals surface area contributed by atoms with Crippen LogP contribution in [0.3, 0.4) is 0 Å². The van der Waals surface area contributed by atoms with Crippen LogP contribution in [-0.2, 0) is 13.0 Å². The minimum absolute atomic E-state index is 0.0164. The quantitative estimate of drug-likeness (QED) is 0.300. The summed E-state index contributed by atoms with van der Waals surface area (Å²) in [5, 5.41) is 0.621. The van der Waals surface area contributed by atoms with Gasteiger partial charge in [-0.3, -0.25) is 4.79 Å². The minimum Gasteiger partial charge on any atom is -0.493 e. The molecule has 0 radical (unpaired) electrons. The van der Waals surface area contributed by atoms with E-state index in [4.69, 9.17) is 25.8 Å². The van der Waals surface area contributed by atoms with Crippen molar-refractivity contribution in [2.75, 3.05) is 20.8 Å². The summed E-state index contributed by atoms with van der Waals surface area (Å²) in [5.41, 5.74) is 5.08. The Labute approximate surface area is 218 Å². The van der Waals surface area contributed by atoms with Gasteiger partial charge in [0, 0.05) is 27.6 Å². The molecule has 2 aliphatic heterocycles. The van der Waals surface area contributed by atoms with Crippen molar-refractivity contribution in [2.24, 2.45) is 0 Å².